The van der Waals surface area contributed by atoms with E-state index in [0.717, 1.165) is 44.4 Å². The highest BCUT2D eigenvalue weighted by Gasteiger charge is 2.26. The number of benzene rings is 1. The van der Waals surface area contributed by atoms with E-state index in [0.29, 0.717) is 12.6 Å². The van der Waals surface area contributed by atoms with Gasteiger partial charge in [0.05, 0.1) is 12.5 Å². The Balaban J connectivity index is 1.58. The van der Waals surface area contributed by atoms with Crippen LogP contribution in [0.15, 0.2) is 30.3 Å². The van der Waals surface area contributed by atoms with E-state index in [1.165, 1.54) is 0 Å². The summed E-state index contributed by atoms with van der Waals surface area (Å²) in [7, 11) is 0. The van der Waals surface area contributed by atoms with Crippen molar-refractivity contribution in [3.8, 4) is 5.75 Å². The van der Waals surface area contributed by atoms with Crippen LogP contribution in [0.25, 0.3) is 0 Å². The van der Waals surface area contributed by atoms with Crippen molar-refractivity contribution in [3.05, 3.63) is 30.3 Å². The SMILES string of the molecule is O=C(O)C1CCCC(NCCCOc2ccccc2)C1. The van der Waals surface area contributed by atoms with Crippen LogP contribution in [0.2, 0.25) is 0 Å². The normalized spacial score (nSPS) is 22.4. The van der Waals surface area contributed by atoms with Gasteiger partial charge < -0.3 is 15.2 Å². The molecule has 0 aliphatic heterocycles. The standard InChI is InChI=1S/C16H23NO3/c18-16(19)13-6-4-7-14(12-13)17-10-5-11-20-15-8-2-1-3-9-15/h1-3,8-9,13-14,17H,4-7,10-12H2,(H,18,19). The third-order valence-electron chi connectivity index (χ3n) is 3.79. The lowest BCUT2D eigenvalue weighted by Crippen LogP contribution is -2.37. The molecule has 1 saturated carbocycles. The molecule has 2 unspecified atom stereocenters. The smallest absolute Gasteiger partial charge is 0.306 e. The molecular formula is C16H23NO3. The number of carboxylic acid groups (broad SMARTS) is 1. The number of rotatable bonds is 7. The van der Waals surface area contributed by atoms with Crippen LogP contribution in [-0.4, -0.2) is 30.3 Å². The molecule has 0 amide bonds. The Morgan fingerprint density at radius 1 is 1.30 bits per heavy atom. The minimum Gasteiger partial charge on any atom is -0.494 e. The summed E-state index contributed by atoms with van der Waals surface area (Å²) in [6.45, 7) is 1.57. The van der Waals surface area contributed by atoms with E-state index < -0.39 is 5.97 Å². The summed E-state index contributed by atoms with van der Waals surface area (Å²) in [6.07, 6.45) is 4.61. The van der Waals surface area contributed by atoms with Crippen molar-refractivity contribution in [3.63, 3.8) is 0 Å². The van der Waals surface area contributed by atoms with E-state index >= 15 is 0 Å². The molecule has 1 aromatic carbocycles. The van der Waals surface area contributed by atoms with Gasteiger partial charge in [-0.15, -0.1) is 0 Å². The number of carbonyl (C=O) groups is 1. The van der Waals surface area contributed by atoms with Crippen LogP contribution in [0, 0.1) is 5.92 Å². The molecule has 0 spiro atoms. The van der Waals surface area contributed by atoms with Gasteiger partial charge in [-0.05, 0) is 44.4 Å². The first-order valence-electron chi connectivity index (χ1n) is 7.40. The van der Waals surface area contributed by atoms with E-state index in [4.69, 9.17) is 9.84 Å². The summed E-state index contributed by atoms with van der Waals surface area (Å²) in [4.78, 5) is 11.0. The lowest BCUT2D eigenvalue weighted by molar-refractivity contribution is -0.143. The number of para-hydroxylation sites is 1. The summed E-state index contributed by atoms with van der Waals surface area (Å²) in [5.74, 6) is 0.0850. The zero-order chi connectivity index (χ0) is 14.2. The summed E-state index contributed by atoms with van der Waals surface area (Å²) in [5.41, 5.74) is 0. The Labute approximate surface area is 120 Å². The molecule has 20 heavy (non-hydrogen) atoms. The molecule has 2 atom stereocenters. The fourth-order valence-electron chi connectivity index (χ4n) is 2.68. The first-order chi connectivity index (χ1) is 9.75. The Morgan fingerprint density at radius 2 is 2.10 bits per heavy atom. The topological polar surface area (TPSA) is 58.6 Å². The van der Waals surface area contributed by atoms with Crippen LogP contribution >= 0.6 is 0 Å². The van der Waals surface area contributed by atoms with Gasteiger partial charge in [0, 0.05) is 6.04 Å². The molecule has 110 valence electrons. The second-order valence-electron chi connectivity index (χ2n) is 5.37. The molecule has 4 heteroatoms. The van der Waals surface area contributed by atoms with Gasteiger partial charge in [0.25, 0.3) is 0 Å². The highest BCUT2D eigenvalue weighted by molar-refractivity contribution is 5.70. The van der Waals surface area contributed by atoms with Crippen molar-refractivity contribution >= 4 is 5.97 Å². The monoisotopic (exact) mass is 277 g/mol. The second-order valence-corrected chi connectivity index (χ2v) is 5.37. The molecule has 1 aliphatic rings. The minimum absolute atomic E-state index is 0.165. The largest absolute Gasteiger partial charge is 0.494 e. The number of nitrogens with one attached hydrogen (secondary N) is 1. The molecule has 2 N–H and O–H groups in total. The fourth-order valence-corrected chi connectivity index (χ4v) is 2.68. The zero-order valence-electron chi connectivity index (χ0n) is 11.8. The van der Waals surface area contributed by atoms with E-state index in [2.05, 4.69) is 5.32 Å². The fraction of sp³-hybridized carbons (Fsp3) is 0.562. The van der Waals surface area contributed by atoms with Gasteiger partial charge in [-0.3, -0.25) is 4.79 Å². The summed E-state index contributed by atoms with van der Waals surface area (Å²) >= 11 is 0. The van der Waals surface area contributed by atoms with Crippen LogP contribution < -0.4 is 10.1 Å². The van der Waals surface area contributed by atoms with Crippen LogP contribution in [0.4, 0.5) is 0 Å². The number of hydrogen-bond acceptors (Lipinski definition) is 3. The number of aliphatic carboxylic acids is 1. The highest BCUT2D eigenvalue weighted by Crippen LogP contribution is 2.24. The number of carboxylic acids is 1. The first-order valence-corrected chi connectivity index (χ1v) is 7.40. The van der Waals surface area contributed by atoms with E-state index in [-0.39, 0.29) is 5.92 Å². The van der Waals surface area contributed by atoms with E-state index in [1.807, 2.05) is 30.3 Å². The average molecular weight is 277 g/mol. The molecule has 0 heterocycles. The Hall–Kier alpha value is -1.55. The van der Waals surface area contributed by atoms with Crippen molar-refractivity contribution in [1.29, 1.82) is 0 Å². The quantitative estimate of drug-likeness (QED) is 0.752. The first kappa shape index (κ1) is 14.9. The molecule has 1 fully saturated rings. The maximum atomic E-state index is 11.0. The van der Waals surface area contributed by atoms with Gasteiger partial charge in [-0.1, -0.05) is 24.6 Å². The van der Waals surface area contributed by atoms with Crippen molar-refractivity contribution in [2.24, 2.45) is 5.92 Å². The molecule has 0 radical (unpaired) electrons. The maximum absolute atomic E-state index is 11.0. The number of ether oxygens (including phenoxy) is 1. The predicted octanol–water partition coefficient (Wildman–Crippen LogP) is 2.69. The van der Waals surface area contributed by atoms with Crippen molar-refractivity contribution in [1.82, 2.24) is 5.32 Å². The average Bonchev–Trinajstić information content (AvgIpc) is 2.48. The van der Waals surface area contributed by atoms with Crippen molar-refractivity contribution in [2.75, 3.05) is 13.2 Å². The molecule has 1 aliphatic carbocycles. The lowest BCUT2D eigenvalue weighted by atomic mass is 9.86. The Kier molecular flexibility index (Phi) is 5.87. The maximum Gasteiger partial charge on any atom is 0.306 e. The van der Waals surface area contributed by atoms with Crippen molar-refractivity contribution in [2.45, 2.75) is 38.1 Å². The van der Waals surface area contributed by atoms with E-state index in [1.54, 1.807) is 0 Å². The van der Waals surface area contributed by atoms with Crippen LogP contribution in [0.3, 0.4) is 0 Å². The third kappa shape index (κ3) is 4.85. The molecule has 0 saturated heterocycles. The van der Waals surface area contributed by atoms with E-state index in [9.17, 15) is 4.79 Å². The zero-order valence-corrected chi connectivity index (χ0v) is 11.8. The van der Waals surface area contributed by atoms with Gasteiger partial charge >= 0.3 is 5.97 Å². The minimum atomic E-state index is -0.649. The van der Waals surface area contributed by atoms with Gasteiger partial charge in [0.15, 0.2) is 0 Å². The molecule has 2 rings (SSSR count). The second kappa shape index (κ2) is 7.90. The van der Waals surface area contributed by atoms with Crippen molar-refractivity contribution < 1.29 is 14.6 Å². The highest BCUT2D eigenvalue weighted by atomic mass is 16.5. The molecule has 4 nitrogen and oxygen atoms in total. The molecule has 0 bridgehead atoms. The third-order valence-corrected chi connectivity index (χ3v) is 3.79. The summed E-state index contributed by atoms with van der Waals surface area (Å²) < 4.78 is 5.62. The van der Waals surface area contributed by atoms with Gasteiger partial charge in [0.1, 0.15) is 5.75 Å². The predicted molar refractivity (Wildman–Crippen MR) is 77.9 cm³/mol. The number of hydrogen-bond donors (Lipinski definition) is 2. The molecular weight excluding hydrogens is 254 g/mol. The van der Waals surface area contributed by atoms with Crippen LogP contribution in [0.1, 0.15) is 32.1 Å². The van der Waals surface area contributed by atoms with Crippen LogP contribution in [-0.2, 0) is 4.79 Å². The molecule has 0 aromatic heterocycles. The lowest BCUT2D eigenvalue weighted by Gasteiger charge is -2.27. The Bertz CT molecular complexity index is 407. The van der Waals surface area contributed by atoms with Crippen LogP contribution in [0.5, 0.6) is 5.75 Å². The summed E-state index contributed by atoms with van der Waals surface area (Å²) in [6, 6.07) is 10.1. The molecule has 1 aromatic rings. The van der Waals surface area contributed by atoms with Gasteiger partial charge in [-0.2, -0.15) is 0 Å². The van der Waals surface area contributed by atoms with Gasteiger partial charge in [-0.25, -0.2) is 0 Å². The summed E-state index contributed by atoms with van der Waals surface area (Å²) in [5, 5.41) is 12.5. The van der Waals surface area contributed by atoms with Gasteiger partial charge in [0.2, 0.25) is 0 Å². The Morgan fingerprint density at radius 3 is 2.85 bits per heavy atom.